The van der Waals surface area contributed by atoms with Crippen LogP contribution in [0.15, 0.2) is 0 Å². The Morgan fingerprint density at radius 3 is 2.50 bits per heavy atom. The lowest BCUT2D eigenvalue weighted by molar-refractivity contribution is -0.125. The van der Waals surface area contributed by atoms with Crippen molar-refractivity contribution >= 4 is 5.91 Å². The van der Waals surface area contributed by atoms with Gasteiger partial charge in [-0.05, 0) is 32.6 Å². The smallest absolute Gasteiger partial charge is 0.239 e. The fourth-order valence-corrected chi connectivity index (χ4v) is 2.11. The molecule has 94 valence electrons. The van der Waals surface area contributed by atoms with Gasteiger partial charge >= 0.3 is 0 Å². The number of aliphatic hydroxyl groups is 1. The monoisotopic (exact) mass is 228 g/mol. The van der Waals surface area contributed by atoms with Crippen molar-refractivity contribution in [1.29, 1.82) is 0 Å². The lowest BCUT2D eigenvalue weighted by atomic mass is 9.85. The summed E-state index contributed by atoms with van der Waals surface area (Å²) in [6.07, 6.45) is 5.37. The van der Waals surface area contributed by atoms with E-state index in [4.69, 9.17) is 5.73 Å². The maximum absolute atomic E-state index is 11.5. The molecule has 0 spiro atoms. The van der Waals surface area contributed by atoms with E-state index in [1.54, 1.807) is 13.8 Å². The van der Waals surface area contributed by atoms with Gasteiger partial charge in [0.25, 0.3) is 0 Å². The molecule has 1 saturated carbocycles. The highest BCUT2D eigenvalue weighted by Gasteiger charge is 2.25. The number of aliphatic hydroxyl groups excluding tert-OH is 1. The van der Waals surface area contributed by atoms with Crippen LogP contribution in [0.25, 0.3) is 0 Å². The van der Waals surface area contributed by atoms with Gasteiger partial charge in [-0.15, -0.1) is 0 Å². The van der Waals surface area contributed by atoms with E-state index in [1.807, 2.05) is 0 Å². The zero-order valence-corrected chi connectivity index (χ0v) is 10.3. The van der Waals surface area contributed by atoms with Crippen molar-refractivity contribution in [1.82, 2.24) is 5.32 Å². The van der Waals surface area contributed by atoms with Gasteiger partial charge in [0.05, 0.1) is 11.6 Å². The molecular weight excluding hydrogens is 204 g/mol. The number of carbonyl (C=O) groups is 1. The molecule has 0 aliphatic heterocycles. The summed E-state index contributed by atoms with van der Waals surface area (Å²) >= 11 is 0. The van der Waals surface area contributed by atoms with Gasteiger partial charge in [-0.3, -0.25) is 4.79 Å². The van der Waals surface area contributed by atoms with Crippen LogP contribution in [0.2, 0.25) is 0 Å². The quantitative estimate of drug-likeness (QED) is 0.665. The molecule has 1 atom stereocenters. The predicted octanol–water partition coefficient (Wildman–Crippen LogP) is 0.781. The molecule has 0 bridgehead atoms. The summed E-state index contributed by atoms with van der Waals surface area (Å²) in [6.45, 7) is 3.65. The molecular formula is C12H24N2O2. The van der Waals surface area contributed by atoms with Gasteiger partial charge < -0.3 is 16.2 Å². The van der Waals surface area contributed by atoms with Gasteiger partial charge in [-0.25, -0.2) is 0 Å². The molecule has 0 aromatic carbocycles. The molecule has 16 heavy (non-hydrogen) atoms. The molecule has 1 aliphatic rings. The van der Waals surface area contributed by atoms with Crippen molar-refractivity contribution in [3.63, 3.8) is 0 Å². The minimum absolute atomic E-state index is 0.206. The van der Waals surface area contributed by atoms with Gasteiger partial charge in [0.1, 0.15) is 0 Å². The first-order valence-corrected chi connectivity index (χ1v) is 6.16. The number of carbonyl (C=O) groups excluding carboxylic acids is 1. The van der Waals surface area contributed by atoms with Crippen molar-refractivity contribution in [2.75, 3.05) is 6.54 Å². The highest BCUT2D eigenvalue weighted by molar-refractivity contribution is 5.85. The number of nitrogens with two attached hydrogens (primary N) is 1. The highest BCUT2D eigenvalue weighted by atomic mass is 16.3. The van der Waals surface area contributed by atoms with Crippen LogP contribution in [-0.4, -0.2) is 29.2 Å². The Morgan fingerprint density at radius 1 is 1.44 bits per heavy atom. The number of rotatable bonds is 4. The van der Waals surface area contributed by atoms with E-state index >= 15 is 0 Å². The fraction of sp³-hybridized carbons (Fsp3) is 0.917. The third-order valence-electron chi connectivity index (χ3n) is 3.25. The Morgan fingerprint density at radius 2 is 2.00 bits per heavy atom. The molecule has 1 amide bonds. The SMILES string of the molecule is CC(C)(N)C(=O)NCC(O)C1CCCCC1. The van der Waals surface area contributed by atoms with E-state index in [9.17, 15) is 9.90 Å². The molecule has 1 unspecified atom stereocenters. The lowest BCUT2D eigenvalue weighted by Crippen LogP contribution is -2.51. The van der Waals surface area contributed by atoms with E-state index in [-0.39, 0.29) is 5.91 Å². The Kier molecular flexibility index (Phi) is 4.74. The third kappa shape index (κ3) is 4.10. The molecule has 0 saturated heterocycles. The van der Waals surface area contributed by atoms with E-state index in [0.717, 1.165) is 12.8 Å². The molecule has 4 N–H and O–H groups in total. The number of nitrogens with one attached hydrogen (secondary N) is 1. The van der Waals surface area contributed by atoms with Crippen molar-refractivity contribution < 1.29 is 9.90 Å². The van der Waals surface area contributed by atoms with E-state index in [1.165, 1.54) is 19.3 Å². The number of hydrogen-bond acceptors (Lipinski definition) is 3. The molecule has 1 fully saturated rings. The fourth-order valence-electron chi connectivity index (χ4n) is 2.11. The van der Waals surface area contributed by atoms with Crippen molar-refractivity contribution in [2.24, 2.45) is 11.7 Å². The Hall–Kier alpha value is -0.610. The first-order valence-electron chi connectivity index (χ1n) is 6.16. The van der Waals surface area contributed by atoms with Gasteiger partial charge in [-0.2, -0.15) is 0 Å². The van der Waals surface area contributed by atoms with Gasteiger partial charge in [0.15, 0.2) is 0 Å². The molecule has 0 radical (unpaired) electrons. The Bertz CT molecular complexity index is 230. The molecule has 0 aromatic heterocycles. The second-order valence-electron chi connectivity index (χ2n) is 5.40. The van der Waals surface area contributed by atoms with E-state index < -0.39 is 11.6 Å². The van der Waals surface area contributed by atoms with Gasteiger partial charge in [-0.1, -0.05) is 19.3 Å². The van der Waals surface area contributed by atoms with Crippen LogP contribution in [0.5, 0.6) is 0 Å². The molecule has 4 nitrogen and oxygen atoms in total. The van der Waals surface area contributed by atoms with Crippen molar-refractivity contribution in [2.45, 2.75) is 57.6 Å². The Labute approximate surface area is 97.6 Å². The molecule has 1 rings (SSSR count). The summed E-state index contributed by atoms with van der Waals surface area (Å²) in [5, 5.41) is 12.6. The van der Waals surface area contributed by atoms with Crippen LogP contribution < -0.4 is 11.1 Å². The van der Waals surface area contributed by atoms with Crippen molar-refractivity contribution in [3.8, 4) is 0 Å². The zero-order chi connectivity index (χ0) is 12.2. The molecule has 0 aromatic rings. The lowest BCUT2D eigenvalue weighted by Gasteiger charge is -2.27. The van der Waals surface area contributed by atoms with Crippen LogP contribution in [0.4, 0.5) is 0 Å². The number of amides is 1. The minimum Gasteiger partial charge on any atom is -0.391 e. The second-order valence-corrected chi connectivity index (χ2v) is 5.40. The maximum Gasteiger partial charge on any atom is 0.239 e. The summed E-state index contributed by atoms with van der Waals surface area (Å²) in [5.74, 6) is 0.136. The third-order valence-corrected chi connectivity index (χ3v) is 3.25. The Balaban J connectivity index is 2.29. The first kappa shape index (κ1) is 13.5. The minimum atomic E-state index is -0.869. The van der Waals surface area contributed by atoms with Crippen molar-refractivity contribution in [3.05, 3.63) is 0 Å². The topological polar surface area (TPSA) is 75.4 Å². The maximum atomic E-state index is 11.5. The average molecular weight is 228 g/mol. The van der Waals surface area contributed by atoms with Gasteiger partial charge in [0.2, 0.25) is 5.91 Å². The second kappa shape index (κ2) is 5.64. The highest BCUT2D eigenvalue weighted by Crippen LogP contribution is 2.26. The van der Waals surface area contributed by atoms with Crippen LogP contribution in [0.1, 0.15) is 46.0 Å². The summed E-state index contributed by atoms with van der Waals surface area (Å²) in [4.78, 5) is 11.5. The van der Waals surface area contributed by atoms with Gasteiger partial charge in [0, 0.05) is 6.54 Å². The predicted molar refractivity (Wildman–Crippen MR) is 63.9 cm³/mol. The van der Waals surface area contributed by atoms with Crippen LogP contribution in [0, 0.1) is 5.92 Å². The summed E-state index contributed by atoms with van der Waals surface area (Å²) < 4.78 is 0. The first-order chi connectivity index (χ1) is 7.41. The molecule has 0 heterocycles. The number of hydrogen-bond donors (Lipinski definition) is 3. The standard InChI is InChI=1S/C12H24N2O2/c1-12(2,13)11(16)14-8-10(15)9-6-4-3-5-7-9/h9-10,15H,3-8,13H2,1-2H3,(H,14,16). The summed E-state index contributed by atoms with van der Waals surface area (Å²) in [7, 11) is 0. The molecule has 1 aliphatic carbocycles. The van der Waals surface area contributed by atoms with E-state index in [0.29, 0.717) is 12.5 Å². The average Bonchev–Trinajstić information content (AvgIpc) is 2.25. The largest absolute Gasteiger partial charge is 0.391 e. The summed E-state index contributed by atoms with van der Waals surface area (Å²) in [5.41, 5.74) is 4.78. The van der Waals surface area contributed by atoms with Crippen LogP contribution in [-0.2, 0) is 4.79 Å². The zero-order valence-electron chi connectivity index (χ0n) is 10.3. The summed E-state index contributed by atoms with van der Waals surface area (Å²) in [6, 6.07) is 0. The van der Waals surface area contributed by atoms with E-state index in [2.05, 4.69) is 5.32 Å². The van der Waals surface area contributed by atoms with Crippen LogP contribution in [0.3, 0.4) is 0 Å². The van der Waals surface area contributed by atoms with Crippen LogP contribution >= 0.6 is 0 Å². The molecule has 4 heteroatoms. The normalized spacial score (nSPS) is 20.5.